The lowest BCUT2D eigenvalue weighted by atomic mass is 10.0. The summed E-state index contributed by atoms with van der Waals surface area (Å²) < 4.78 is 62.2. The minimum Gasteiger partial charge on any atom is -0.257 e. The Morgan fingerprint density at radius 3 is 2.27 bits per heavy atom. The summed E-state index contributed by atoms with van der Waals surface area (Å²) in [5.41, 5.74) is -0.146. The number of nitrogens with two attached hydrogens (primary N) is 1. The Kier molecular flexibility index (Phi) is 4.72. The summed E-state index contributed by atoms with van der Waals surface area (Å²) in [6.45, 7) is 0. The summed E-state index contributed by atoms with van der Waals surface area (Å²) in [7, 11) is -3.90. The van der Waals surface area contributed by atoms with Crippen molar-refractivity contribution in [3.05, 3.63) is 59.1 Å². The predicted molar refractivity (Wildman–Crippen MR) is 92.6 cm³/mol. The first-order valence-corrected chi connectivity index (χ1v) is 9.31. The van der Waals surface area contributed by atoms with Gasteiger partial charge >= 0.3 is 6.18 Å². The van der Waals surface area contributed by atoms with Crippen LogP contribution >= 0.6 is 11.6 Å². The molecule has 3 rings (SSSR count). The number of alkyl halides is 3. The van der Waals surface area contributed by atoms with Crippen LogP contribution in [0.25, 0.3) is 0 Å². The third kappa shape index (κ3) is 3.69. The first-order chi connectivity index (χ1) is 12.1. The monoisotopic (exact) mass is 403 g/mol. The van der Waals surface area contributed by atoms with Gasteiger partial charge in [-0.05, 0) is 35.9 Å². The molecule has 0 amide bonds. The number of benzene rings is 2. The van der Waals surface area contributed by atoms with E-state index in [4.69, 9.17) is 16.7 Å². The van der Waals surface area contributed by atoms with Crippen LogP contribution in [0.4, 0.5) is 18.9 Å². The standard InChI is InChI=1S/C16H13ClF3N3O2S/c17-13-4-2-1-3-12(13)14-9-15(16(18,19)20)22-23(14)10-5-7-11(8-6-10)26(21,24)25/h1-8,14H,9H2,(H2,21,24,25). The number of hydrogen-bond donors (Lipinski definition) is 1. The first kappa shape index (κ1) is 18.7. The van der Waals surface area contributed by atoms with Gasteiger partial charge in [0.1, 0.15) is 5.71 Å². The molecule has 0 saturated carbocycles. The van der Waals surface area contributed by atoms with E-state index in [0.717, 1.165) is 0 Å². The van der Waals surface area contributed by atoms with Crippen LogP contribution in [0, 0.1) is 0 Å². The fourth-order valence-corrected chi connectivity index (χ4v) is 3.47. The molecule has 2 aromatic carbocycles. The van der Waals surface area contributed by atoms with Crippen LogP contribution < -0.4 is 10.1 Å². The molecule has 0 spiro atoms. The summed E-state index contributed by atoms with van der Waals surface area (Å²) in [6, 6.07) is 11.0. The summed E-state index contributed by atoms with van der Waals surface area (Å²) in [6.07, 6.45) is -4.95. The topological polar surface area (TPSA) is 75.8 Å². The molecule has 1 aliphatic rings. The zero-order chi connectivity index (χ0) is 19.1. The van der Waals surface area contributed by atoms with Crippen LogP contribution in [0.1, 0.15) is 18.0 Å². The third-order valence-corrected chi connectivity index (χ3v) is 5.21. The van der Waals surface area contributed by atoms with E-state index in [9.17, 15) is 21.6 Å². The Bertz CT molecular complexity index is 959. The number of rotatable bonds is 3. The van der Waals surface area contributed by atoms with Crippen molar-refractivity contribution in [1.29, 1.82) is 0 Å². The van der Waals surface area contributed by atoms with Crippen LogP contribution in [0.3, 0.4) is 0 Å². The van der Waals surface area contributed by atoms with E-state index in [0.29, 0.717) is 16.3 Å². The van der Waals surface area contributed by atoms with Gasteiger partial charge < -0.3 is 0 Å². The average Bonchev–Trinajstić information content (AvgIpc) is 3.00. The minimum atomic E-state index is -4.57. The fourth-order valence-electron chi connectivity index (χ4n) is 2.70. The van der Waals surface area contributed by atoms with Crippen molar-refractivity contribution < 1.29 is 21.6 Å². The smallest absolute Gasteiger partial charge is 0.257 e. The van der Waals surface area contributed by atoms with Gasteiger partial charge in [0, 0.05) is 11.4 Å². The maximum absolute atomic E-state index is 13.2. The zero-order valence-corrected chi connectivity index (χ0v) is 14.7. The van der Waals surface area contributed by atoms with Gasteiger partial charge in [0.15, 0.2) is 0 Å². The van der Waals surface area contributed by atoms with Crippen molar-refractivity contribution in [2.24, 2.45) is 10.2 Å². The number of hydrazone groups is 1. The SMILES string of the molecule is NS(=O)(=O)c1ccc(N2N=C(C(F)(F)F)CC2c2ccccc2Cl)cc1. The first-order valence-electron chi connectivity index (χ1n) is 7.38. The second kappa shape index (κ2) is 6.57. The van der Waals surface area contributed by atoms with E-state index in [-0.39, 0.29) is 11.3 Å². The highest BCUT2D eigenvalue weighted by Crippen LogP contribution is 2.41. The predicted octanol–water partition coefficient (Wildman–Crippen LogP) is 3.86. The highest BCUT2D eigenvalue weighted by atomic mass is 35.5. The van der Waals surface area contributed by atoms with E-state index in [1.54, 1.807) is 24.3 Å². The van der Waals surface area contributed by atoms with Crippen LogP contribution in [-0.2, 0) is 10.0 Å². The van der Waals surface area contributed by atoms with Crippen LogP contribution in [0.2, 0.25) is 5.02 Å². The van der Waals surface area contributed by atoms with Gasteiger partial charge in [0.2, 0.25) is 10.0 Å². The molecule has 0 bridgehead atoms. The van der Waals surface area contributed by atoms with Crippen molar-refractivity contribution in [2.45, 2.75) is 23.5 Å². The molecule has 0 radical (unpaired) electrons. The van der Waals surface area contributed by atoms with E-state index in [1.807, 2.05) is 0 Å². The maximum Gasteiger partial charge on any atom is 0.431 e. The maximum atomic E-state index is 13.2. The Balaban J connectivity index is 2.05. The molecule has 26 heavy (non-hydrogen) atoms. The molecule has 0 saturated heterocycles. The van der Waals surface area contributed by atoms with Crippen molar-refractivity contribution in [2.75, 3.05) is 5.01 Å². The summed E-state index contributed by atoms with van der Waals surface area (Å²) in [4.78, 5) is -0.144. The highest BCUT2D eigenvalue weighted by Gasteiger charge is 2.44. The lowest BCUT2D eigenvalue weighted by Gasteiger charge is -2.24. The van der Waals surface area contributed by atoms with E-state index in [2.05, 4.69) is 5.10 Å². The lowest BCUT2D eigenvalue weighted by molar-refractivity contribution is -0.0600. The molecule has 5 nitrogen and oxygen atoms in total. The minimum absolute atomic E-state index is 0.144. The Morgan fingerprint density at radius 1 is 1.12 bits per heavy atom. The lowest BCUT2D eigenvalue weighted by Crippen LogP contribution is -2.21. The van der Waals surface area contributed by atoms with Crippen LogP contribution in [0.15, 0.2) is 58.5 Å². The molecule has 1 heterocycles. The Labute approximate surface area is 152 Å². The third-order valence-electron chi connectivity index (χ3n) is 3.93. The van der Waals surface area contributed by atoms with Gasteiger partial charge in [0.05, 0.1) is 16.6 Å². The molecule has 0 fully saturated rings. The van der Waals surface area contributed by atoms with Gasteiger partial charge in [0.25, 0.3) is 0 Å². The molecule has 2 aromatic rings. The summed E-state index contributed by atoms with van der Waals surface area (Å²) in [5.74, 6) is 0. The molecular formula is C16H13ClF3N3O2S. The van der Waals surface area contributed by atoms with Gasteiger partial charge in [-0.25, -0.2) is 13.6 Å². The van der Waals surface area contributed by atoms with E-state index < -0.39 is 28.0 Å². The van der Waals surface area contributed by atoms with Crippen molar-refractivity contribution in [3.63, 3.8) is 0 Å². The Hall–Kier alpha value is -2.10. The number of halogens is 4. The second-order valence-corrected chi connectivity index (χ2v) is 7.64. The largest absolute Gasteiger partial charge is 0.431 e. The van der Waals surface area contributed by atoms with Gasteiger partial charge in [-0.1, -0.05) is 29.8 Å². The van der Waals surface area contributed by atoms with Crippen LogP contribution in [0.5, 0.6) is 0 Å². The van der Waals surface area contributed by atoms with Crippen molar-refractivity contribution in [1.82, 2.24) is 0 Å². The van der Waals surface area contributed by atoms with E-state index in [1.165, 1.54) is 29.3 Å². The average molecular weight is 404 g/mol. The van der Waals surface area contributed by atoms with Crippen molar-refractivity contribution >= 4 is 33.0 Å². The molecule has 1 atom stereocenters. The molecule has 138 valence electrons. The number of primary sulfonamides is 1. The fraction of sp³-hybridized carbons (Fsp3) is 0.188. The normalized spacial score (nSPS) is 18.1. The second-order valence-electron chi connectivity index (χ2n) is 5.67. The van der Waals surface area contributed by atoms with Gasteiger partial charge in [-0.3, -0.25) is 5.01 Å². The van der Waals surface area contributed by atoms with Crippen LogP contribution in [-0.4, -0.2) is 20.3 Å². The van der Waals surface area contributed by atoms with Gasteiger partial charge in [-0.2, -0.15) is 18.3 Å². The van der Waals surface area contributed by atoms with E-state index >= 15 is 0 Å². The molecular weight excluding hydrogens is 391 g/mol. The molecule has 10 heteroatoms. The van der Waals surface area contributed by atoms with Crippen molar-refractivity contribution in [3.8, 4) is 0 Å². The number of nitrogens with zero attached hydrogens (tertiary/aromatic N) is 2. The van der Waals surface area contributed by atoms with Gasteiger partial charge in [-0.15, -0.1) is 0 Å². The quantitative estimate of drug-likeness (QED) is 0.845. The summed E-state index contributed by atoms with van der Waals surface area (Å²) in [5, 5.41) is 10.3. The Morgan fingerprint density at radius 2 is 1.73 bits per heavy atom. The zero-order valence-electron chi connectivity index (χ0n) is 13.1. The molecule has 1 aliphatic heterocycles. The number of sulfonamides is 1. The number of anilines is 1. The molecule has 0 aromatic heterocycles. The molecule has 1 unspecified atom stereocenters. The molecule has 2 N–H and O–H groups in total. The molecule has 0 aliphatic carbocycles. The highest BCUT2D eigenvalue weighted by molar-refractivity contribution is 7.89. The summed E-state index contributed by atoms with van der Waals surface area (Å²) >= 11 is 6.15. The number of hydrogen-bond acceptors (Lipinski definition) is 4.